The first-order valence-electron chi connectivity index (χ1n) is 6.47. The molecule has 0 saturated heterocycles. The van der Waals surface area contributed by atoms with E-state index in [4.69, 9.17) is 4.42 Å². The molecule has 1 aromatic rings. The molecule has 0 bridgehead atoms. The maximum Gasteiger partial charge on any atom is 0.274 e. The molecule has 0 aliphatic carbocycles. The molecule has 8 heteroatoms. The summed E-state index contributed by atoms with van der Waals surface area (Å²) >= 11 is 0. The fourth-order valence-corrected chi connectivity index (χ4v) is 3.48. The van der Waals surface area contributed by atoms with Crippen LogP contribution in [-0.4, -0.2) is 37.2 Å². The van der Waals surface area contributed by atoms with Crippen molar-refractivity contribution in [3.8, 4) is 0 Å². The third-order valence-electron chi connectivity index (χ3n) is 2.65. The van der Waals surface area contributed by atoms with Gasteiger partial charge in [0.05, 0.1) is 6.54 Å². The summed E-state index contributed by atoms with van der Waals surface area (Å²) in [6.07, 6.45) is 2.12. The fraction of sp³-hybridized carbons (Fsp3) is 0.667. The maximum atomic E-state index is 12.1. The van der Waals surface area contributed by atoms with Crippen LogP contribution >= 0.6 is 0 Å². The van der Waals surface area contributed by atoms with Gasteiger partial charge in [-0.3, -0.25) is 4.21 Å². The third-order valence-corrected chi connectivity index (χ3v) is 4.92. The lowest BCUT2D eigenvalue weighted by Gasteiger charge is -2.11. The minimum atomic E-state index is -3.66. The Bertz CT molecular complexity index is 539. The van der Waals surface area contributed by atoms with Crippen molar-refractivity contribution in [2.75, 3.05) is 18.6 Å². The zero-order chi connectivity index (χ0) is 15.2. The van der Waals surface area contributed by atoms with E-state index in [1.54, 1.807) is 19.2 Å². The van der Waals surface area contributed by atoms with Gasteiger partial charge in [0, 0.05) is 28.9 Å². The van der Waals surface area contributed by atoms with E-state index < -0.39 is 20.8 Å². The summed E-state index contributed by atoms with van der Waals surface area (Å²) in [5.41, 5.74) is 0. The zero-order valence-corrected chi connectivity index (χ0v) is 13.6. The summed E-state index contributed by atoms with van der Waals surface area (Å²) in [6.45, 7) is 4.98. The number of nitrogens with one attached hydrogen (secondary N) is 2. The summed E-state index contributed by atoms with van der Waals surface area (Å²) in [5.74, 6) is 1.04. The van der Waals surface area contributed by atoms with E-state index in [0.717, 1.165) is 6.54 Å². The fourth-order valence-electron chi connectivity index (χ4n) is 1.57. The Hall–Kier alpha value is -0.700. The number of sulfonamides is 1. The summed E-state index contributed by atoms with van der Waals surface area (Å²) in [6, 6.07) is 2.80. The van der Waals surface area contributed by atoms with Crippen molar-refractivity contribution in [3.05, 3.63) is 17.9 Å². The first-order valence-corrected chi connectivity index (χ1v) is 9.68. The Kier molecular flexibility index (Phi) is 6.87. The Balaban J connectivity index is 2.63. The average Bonchev–Trinajstić information content (AvgIpc) is 2.83. The average molecular weight is 322 g/mol. The van der Waals surface area contributed by atoms with Crippen LogP contribution in [0.1, 0.15) is 26.0 Å². The van der Waals surface area contributed by atoms with Crippen molar-refractivity contribution in [3.63, 3.8) is 0 Å². The first-order chi connectivity index (χ1) is 9.35. The molecule has 0 amide bonds. The van der Waals surface area contributed by atoms with Gasteiger partial charge in [0.1, 0.15) is 5.76 Å². The molecule has 0 aromatic carbocycles. The molecular formula is C12H22N2O4S2. The van der Waals surface area contributed by atoms with E-state index >= 15 is 0 Å². The molecule has 0 fully saturated rings. The van der Waals surface area contributed by atoms with Crippen molar-refractivity contribution >= 4 is 20.8 Å². The van der Waals surface area contributed by atoms with Crippen LogP contribution in [-0.2, 0) is 27.4 Å². The third kappa shape index (κ3) is 5.74. The van der Waals surface area contributed by atoms with E-state index in [9.17, 15) is 12.6 Å². The van der Waals surface area contributed by atoms with E-state index in [1.807, 2.05) is 6.92 Å². The molecule has 2 atom stereocenters. The Labute approximate surface area is 122 Å². The molecule has 2 unspecified atom stereocenters. The van der Waals surface area contributed by atoms with Crippen LogP contribution in [0.15, 0.2) is 21.6 Å². The van der Waals surface area contributed by atoms with Crippen LogP contribution < -0.4 is 10.0 Å². The predicted octanol–water partition coefficient (Wildman–Crippen LogP) is 0.824. The smallest absolute Gasteiger partial charge is 0.274 e. The molecule has 0 saturated carbocycles. The molecule has 1 rings (SSSR count). The molecular weight excluding hydrogens is 300 g/mol. The second kappa shape index (κ2) is 7.92. The second-order valence-electron chi connectivity index (χ2n) is 4.59. The molecule has 20 heavy (non-hydrogen) atoms. The quantitative estimate of drug-likeness (QED) is 0.703. The lowest BCUT2D eigenvalue weighted by molar-refractivity contribution is 0.399. The lowest BCUT2D eigenvalue weighted by atomic mass is 10.3. The minimum Gasteiger partial charge on any atom is -0.447 e. The van der Waals surface area contributed by atoms with Gasteiger partial charge in [-0.1, -0.05) is 6.92 Å². The van der Waals surface area contributed by atoms with Gasteiger partial charge in [-0.05, 0) is 32.0 Å². The van der Waals surface area contributed by atoms with Gasteiger partial charge in [0.25, 0.3) is 10.0 Å². The normalized spacial score (nSPS) is 15.2. The highest BCUT2D eigenvalue weighted by Gasteiger charge is 2.21. The summed E-state index contributed by atoms with van der Waals surface area (Å²) in [4.78, 5) is 0. The van der Waals surface area contributed by atoms with E-state index in [2.05, 4.69) is 10.0 Å². The van der Waals surface area contributed by atoms with Crippen LogP contribution in [0.3, 0.4) is 0 Å². The number of hydrogen-bond donors (Lipinski definition) is 2. The molecule has 0 spiro atoms. The van der Waals surface area contributed by atoms with Crippen molar-refractivity contribution in [1.82, 2.24) is 10.0 Å². The first kappa shape index (κ1) is 17.4. The maximum absolute atomic E-state index is 12.1. The van der Waals surface area contributed by atoms with Crippen LogP contribution in [0.2, 0.25) is 0 Å². The molecule has 0 aliphatic rings. The number of furan rings is 1. The van der Waals surface area contributed by atoms with Crippen molar-refractivity contribution in [2.45, 2.75) is 37.9 Å². The standard InChI is InChI=1S/C12H22N2O4S2/c1-4-13-9-11-5-6-12(18-11)20(16,17)14-10(2)7-8-19(3)15/h5-6,10,13-14H,4,7-9H2,1-3H3. The number of rotatable bonds is 9. The molecule has 0 aliphatic heterocycles. The van der Waals surface area contributed by atoms with E-state index in [0.29, 0.717) is 24.5 Å². The Morgan fingerprint density at radius 2 is 2.10 bits per heavy atom. The molecule has 1 heterocycles. The second-order valence-corrected chi connectivity index (χ2v) is 7.79. The highest BCUT2D eigenvalue weighted by atomic mass is 32.2. The van der Waals surface area contributed by atoms with Crippen molar-refractivity contribution in [1.29, 1.82) is 0 Å². The zero-order valence-electron chi connectivity index (χ0n) is 12.0. The van der Waals surface area contributed by atoms with Crippen LogP contribution in [0.25, 0.3) is 0 Å². The molecule has 6 nitrogen and oxygen atoms in total. The van der Waals surface area contributed by atoms with Gasteiger partial charge in [0.2, 0.25) is 5.09 Å². The van der Waals surface area contributed by atoms with Gasteiger partial charge in [0.15, 0.2) is 0 Å². The summed E-state index contributed by atoms with van der Waals surface area (Å²) < 4.78 is 43.0. The summed E-state index contributed by atoms with van der Waals surface area (Å²) in [5, 5.41) is 2.97. The van der Waals surface area contributed by atoms with Gasteiger partial charge >= 0.3 is 0 Å². The van der Waals surface area contributed by atoms with Crippen molar-refractivity contribution < 1.29 is 17.0 Å². The highest BCUT2D eigenvalue weighted by Crippen LogP contribution is 2.14. The van der Waals surface area contributed by atoms with Gasteiger partial charge in [-0.2, -0.15) is 0 Å². The van der Waals surface area contributed by atoms with Gasteiger partial charge < -0.3 is 9.73 Å². The van der Waals surface area contributed by atoms with Crippen LogP contribution in [0, 0.1) is 0 Å². The summed E-state index contributed by atoms with van der Waals surface area (Å²) in [7, 11) is -4.58. The van der Waals surface area contributed by atoms with Crippen molar-refractivity contribution in [2.24, 2.45) is 0 Å². The van der Waals surface area contributed by atoms with Crippen LogP contribution in [0.5, 0.6) is 0 Å². The highest BCUT2D eigenvalue weighted by molar-refractivity contribution is 7.89. The number of hydrogen-bond acceptors (Lipinski definition) is 5. The Morgan fingerprint density at radius 1 is 1.40 bits per heavy atom. The van der Waals surface area contributed by atoms with E-state index in [-0.39, 0.29) is 11.1 Å². The predicted molar refractivity (Wildman–Crippen MR) is 79.4 cm³/mol. The lowest BCUT2D eigenvalue weighted by Crippen LogP contribution is -2.33. The van der Waals surface area contributed by atoms with E-state index in [1.165, 1.54) is 6.07 Å². The molecule has 116 valence electrons. The Morgan fingerprint density at radius 3 is 2.70 bits per heavy atom. The minimum absolute atomic E-state index is 0.0881. The largest absolute Gasteiger partial charge is 0.447 e. The molecule has 0 radical (unpaired) electrons. The van der Waals surface area contributed by atoms with Crippen LogP contribution in [0.4, 0.5) is 0 Å². The molecule has 1 aromatic heterocycles. The SMILES string of the molecule is CCNCc1ccc(S(=O)(=O)NC(C)CCS(C)=O)o1. The van der Waals surface area contributed by atoms with Gasteiger partial charge in [-0.15, -0.1) is 0 Å². The van der Waals surface area contributed by atoms with Gasteiger partial charge in [-0.25, -0.2) is 13.1 Å². The monoisotopic (exact) mass is 322 g/mol. The topological polar surface area (TPSA) is 88.4 Å². The molecule has 2 N–H and O–H groups in total.